The molecule has 2 aromatic rings. The predicted octanol–water partition coefficient (Wildman–Crippen LogP) is 4.07. The van der Waals surface area contributed by atoms with E-state index in [1.54, 1.807) is 31.3 Å². The SMILES string of the molecule is CN(Cc1ccc(Cl)cc1)C(=O)CN(c1ccc(Cl)cc1Cl)S(C)(=O)=O. The summed E-state index contributed by atoms with van der Waals surface area (Å²) < 4.78 is 25.3. The Morgan fingerprint density at radius 1 is 1.00 bits per heavy atom. The fraction of sp³-hybridized carbons (Fsp3) is 0.235. The van der Waals surface area contributed by atoms with E-state index in [1.165, 1.54) is 23.1 Å². The minimum Gasteiger partial charge on any atom is -0.340 e. The first-order valence-corrected chi connectivity index (χ1v) is 10.5. The summed E-state index contributed by atoms with van der Waals surface area (Å²) in [4.78, 5) is 14.0. The van der Waals surface area contributed by atoms with Gasteiger partial charge in [0.1, 0.15) is 6.54 Å². The number of benzene rings is 2. The maximum atomic E-state index is 12.5. The molecule has 0 saturated carbocycles. The number of sulfonamides is 1. The maximum Gasteiger partial charge on any atom is 0.243 e. The molecule has 26 heavy (non-hydrogen) atoms. The number of halogens is 3. The normalized spacial score (nSPS) is 11.3. The largest absolute Gasteiger partial charge is 0.340 e. The Morgan fingerprint density at radius 2 is 1.58 bits per heavy atom. The molecule has 140 valence electrons. The van der Waals surface area contributed by atoms with Crippen LogP contribution in [0.1, 0.15) is 5.56 Å². The Morgan fingerprint density at radius 3 is 2.12 bits per heavy atom. The van der Waals surface area contributed by atoms with E-state index in [4.69, 9.17) is 34.8 Å². The Labute approximate surface area is 168 Å². The van der Waals surface area contributed by atoms with Gasteiger partial charge in [-0.05, 0) is 35.9 Å². The molecule has 5 nitrogen and oxygen atoms in total. The van der Waals surface area contributed by atoms with Crippen LogP contribution in [0.2, 0.25) is 15.1 Å². The van der Waals surface area contributed by atoms with Crippen molar-refractivity contribution in [2.75, 3.05) is 24.2 Å². The van der Waals surface area contributed by atoms with Crippen LogP contribution in [0.3, 0.4) is 0 Å². The molecule has 0 unspecified atom stereocenters. The van der Waals surface area contributed by atoms with Crippen molar-refractivity contribution in [1.29, 1.82) is 0 Å². The molecule has 0 bridgehead atoms. The minimum absolute atomic E-state index is 0.149. The molecule has 0 heterocycles. The maximum absolute atomic E-state index is 12.5. The van der Waals surface area contributed by atoms with Gasteiger partial charge in [-0.15, -0.1) is 0 Å². The zero-order valence-corrected chi connectivity index (χ0v) is 17.2. The number of anilines is 1. The number of likely N-dealkylation sites (N-methyl/N-ethyl adjacent to an activating group) is 1. The second-order valence-corrected chi connectivity index (χ2v) is 8.93. The van der Waals surface area contributed by atoms with Crippen molar-refractivity contribution in [3.05, 3.63) is 63.1 Å². The average molecular weight is 436 g/mol. The monoisotopic (exact) mass is 434 g/mol. The van der Waals surface area contributed by atoms with Gasteiger partial charge >= 0.3 is 0 Å². The van der Waals surface area contributed by atoms with Gasteiger partial charge in [-0.1, -0.05) is 46.9 Å². The van der Waals surface area contributed by atoms with Gasteiger partial charge in [-0.2, -0.15) is 0 Å². The van der Waals surface area contributed by atoms with Crippen LogP contribution >= 0.6 is 34.8 Å². The smallest absolute Gasteiger partial charge is 0.243 e. The lowest BCUT2D eigenvalue weighted by Gasteiger charge is -2.26. The van der Waals surface area contributed by atoms with E-state index in [-0.39, 0.29) is 23.2 Å². The quantitative estimate of drug-likeness (QED) is 0.687. The summed E-state index contributed by atoms with van der Waals surface area (Å²) >= 11 is 17.8. The van der Waals surface area contributed by atoms with Crippen molar-refractivity contribution >= 4 is 56.4 Å². The lowest BCUT2D eigenvalue weighted by molar-refractivity contribution is -0.128. The van der Waals surface area contributed by atoms with Crippen LogP contribution in [0.5, 0.6) is 0 Å². The molecule has 1 amide bonds. The lowest BCUT2D eigenvalue weighted by Crippen LogP contribution is -2.41. The van der Waals surface area contributed by atoms with Gasteiger partial charge in [0, 0.05) is 23.6 Å². The zero-order chi connectivity index (χ0) is 19.5. The zero-order valence-electron chi connectivity index (χ0n) is 14.1. The molecule has 0 aromatic heterocycles. The number of hydrogen-bond acceptors (Lipinski definition) is 3. The summed E-state index contributed by atoms with van der Waals surface area (Å²) in [5.74, 6) is -0.378. The van der Waals surface area contributed by atoms with E-state index in [0.717, 1.165) is 16.1 Å². The molecule has 0 aliphatic carbocycles. The number of nitrogens with zero attached hydrogens (tertiary/aromatic N) is 2. The summed E-state index contributed by atoms with van der Waals surface area (Å²) in [6.07, 6.45) is 1.02. The van der Waals surface area contributed by atoms with E-state index in [1.807, 2.05) is 0 Å². The summed E-state index contributed by atoms with van der Waals surface area (Å²) in [5.41, 5.74) is 1.08. The molecule has 9 heteroatoms. The molecule has 0 aliphatic rings. The molecule has 0 radical (unpaired) electrons. The van der Waals surface area contributed by atoms with Crippen LogP contribution in [-0.2, 0) is 21.4 Å². The predicted molar refractivity (Wildman–Crippen MR) is 107 cm³/mol. The van der Waals surface area contributed by atoms with Gasteiger partial charge in [0.25, 0.3) is 0 Å². The molecular formula is C17H17Cl3N2O3S. The second kappa shape index (κ2) is 8.48. The summed E-state index contributed by atoms with van der Waals surface area (Å²) in [6, 6.07) is 11.5. The molecular weight excluding hydrogens is 419 g/mol. The van der Waals surface area contributed by atoms with Gasteiger partial charge < -0.3 is 4.90 Å². The average Bonchev–Trinajstić information content (AvgIpc) is 2.54. The standard InChI is InChI=1S/C17H17Cl3N2O3S/c1-21(10-12-3-5-13(18)6-4-12)17(23)11-22(26(2,24)25)16-8-7-14(19)9-15(16)20/h3-9H,10-11H2,1-2H3. The van der Waals surface area contributed by atoms with E-state index < -0.39 is 10.0 Å². The highest BCUT2D eigenvalue weighted by Gasteiger charge is 2.24. The molecule has 2 rings (SSSR count). The number of carbonyl (C=O) groups excluding carboxylic acids is 1. The number of rotatable bonds is 6. The molecule has 2 aromatic carbocycles. The third kappa shape index (κ3) is 5.51. The van der Waals surface area contributed by atoms with Crippen LogP contribution in [0.15, 0.2) is 42.5 Å². The molecule has 0 spiro atoms. The van der Waals surface area contributed by atoms with Crippen molar-refractivity contribution in [1.82, 2.24) is 4.90 Å². The van der Waals surface area contributed by atoms with Gasteiger partial charge in [0.05, 0.1) is 17.0 Å². The van der Waals surface area contributed by atoms with Crippen molar-refractivity contribution in [2.24, 2.45) is 0 Å². The Kier molecular flexibility index (Phi) is 6.80. The van der Waals surface area contributed by atoms with Crippen LogP contribution in [0.25, 0.3) is 0 Å². The number of amides is 1. The van der Waals surface area contributed by atoms with E-state index in [0.29, 0.717) is 16.6 Å². The van der Waals surface area contributed by atoms with Crippen molar-refractivity contribution in [2.45, 2.75) is 6.54 Å². The Bertz CT molecular complexity index is 902. The fourth-order valence-electron chi connectivity index (χ4n) is 2.26. The highest BCUT2D eigenvalue weighted by atomic mass is 35.5. The van der Waals surface area contributed by atoms with Gasteiger partial charge in [0.2, 0.25) is 15.9 Å². The second-order valence-electron chi connectivity index (χ2n) is 5.74. The first-order chi connectivity index (χ1) is 12.1. The van der Waals surface area contributed by atoms with E-state index in [2.05, 4.69) is 0 Å². The lowest BCUT2D eigenvalue weighted by atomic mass is 10.2. The van der Waals surface area contributed by atoms with Crippen LogP contribution in [0.4, 0.5) is 5.69 Å². The third-order valence-electron chi connectivity index (χ3n) is 3.62. The molecule has 0 N–H and O–H groups in total. The number of hydrogen-bond donors (Lipinski definition) is 0. The van der Waals surface area contributed by atoms with Crippen molar-refractivity contribution < 1.29 is 13.2 Å². The first-order valence-electron chi connectivity index (χ1n) is 7.49. The van der Waals surface area contributed by atoms with Crippen molar-refractivity contribution in [3.8, 4) is 0 Å². The number of carbonyl (C=O) groups is 1. The van der Waals surface area contributed by atoms with Gasteiger partial charge in [-0.3, -0.25) is 9.10 Å². The Hall–Kier alpha value is -1.47. The van der Waals surface area contributed by atoms with E-state index in [9.17, 15) is 13.2 Å². The fourth-order valence-corrected chi connectivity index (χ4v) is 3.81. The van der Waals surface area contributed by atoms with Crippen LogP contribution in [-0.4, -0.2) is 39.1 Å². The van der Waals surface area contributed by atoms with E-state index >= 15 is 0 Å². The summed E-state index contributed by atoms with van der Waals surface area (Å²) in [6.45, 7) is -0.0494. The van der Waals surface area contributed by atoms with Crippen LogP contribution < -0.4 is 4.31 Å². The molecule has 0 atom stereocenters. The molecule has 0 saturated heterocycles. The molecule has 0 aliphatic heterocycles. The first kappa shape index (κ1) is 20.8. The van der Waals surface area contributed by atoms with Crippen LogP contribution in [0, 0.1) is 0 Å². The Balaban J connectivity index is 2.20. The summed E-state index contributed by atoms with van der Waals surface area (Å²) in [5, 5.41) is 1.12. The summed E-state index contributed by atoms with van der Waals surface area (Å²) in [7, 11) is -2.12. The van der Waals surface area contributed by atoms with Crippen molar-refractivity contribution in [3.63, 3.8) is 0 Å². The highest BCUT2D eigenvalue weighted by Crippen LogP contribution is 2.30. The molecule has 0 fully saturated rings. The third-order valence-corrected chi connectivity index (χ3v) is 5.53. The van der Waals surface area contributed by atoms with Gasteiger partial charge in [0.15, 0.2) is 0 Å². The highest BCUT2D eigenvalue weighted by molar-refractivity contribution is 7.92. The van der Waals surface area contributed by atoms with Gasteiger partial charge in [-0.25, -0.2) is 8.42 Å². The topological polar surface area (TPSA) is 57.7 Å². The minimum atomic E-state index is -3.72.